The molecule has 0 fully saturated rings. The molecule has 1 aromatic carbocycles. The average Bonchev–Trinajstić information content (AvgIpc) is 2.88. The number of aromatic nitrogens is 3. The summed E-state index contributed by atoms with van der Waals surface area (Å²) in [7, 11) is 0. The third kappa shape index (κ3) is 2.57. The van der Waals surface area contributed by atoms with Crippen LogP contribution < -0.4 is 5.32 Å². The molecule has 0 saturated heterocycles. The van der Waals surface area contributed by atoms with Gasteiger partial charge in [0.2, 0.25) is 5.82 Å². The maximum Gasteiger partial charge on any atom is 0.295 e. The first kappa shape index (κ1) is 13.1. The molecule has 0 radical (unpaired) electrons. The van der Waals surface area contributed by atoms with Crippen molar-refractivity contribution in [2.45, 2.75) is 27.2 Å². The summed E-state index contributed by atoms with van der Waals surface area (Å²) in [5.41, 5.74) is 1.94. The molecule has 0 atom stereocenters. The Kier molecular flexibility index (Phi) is 3.50. The number of aromatic amines is 1. The molecule has 2 rings (SSSR count). The van der Waals surface area contributed by atoms with Gasteiger partial charge in [-0.2, -0.15) is 0 Å². The zero-order valence-corrected chi connectivity index (χ0v) is 11.1. The standard InChI is InChI=1S/C13H16N4O2/c1-4-10-15-12(17-16-10)13(19)14-9-6-5-7(2)11(18)8(9)3/h5-6,18H,4H2,1-3H3,(H,14,19)(H,15,16,17). The zero-order valence-electron chi connectivity index (χ0n) is 11.1. The second kappa shape index (κ2) is 5.09. The first-order valence-electron chi connectivity index (χ1n) is 6.04. The van der Waals surface area contributed by atoms with Gasteiger partial charge in [0.1, 0.15) is 11.6 Å². The van der Waals surface area contributed by atoms with Crippen LogP contribution in [0, 0.1) is 13.8 Å². The van der Waals surface area contributed by atoms with Crippen LogP contribution in [-0.4, -0.2) is 26.2 Å². The van der Waals surface area contributed by atoms with E-state index in [1.807, 2.05) is 6.92 Å². The number of carbonyl (C=O) groups excluding carboxylic acids is 1. The fourth-order valence-electron chi connectivity index (χ4n) is 1.70. The lowest BCUT2D eigenvalue weighted by molar-refractivity contribution is 0.101. The van der Waals surface area contributed by atoms with Crippen LogP contribution in [0.25, 0.3) is 0 Å². The number of nitrogens with one attached hydrogen (secondary N) is 2. The number of phenols is 1. The van der Waals surface area contributed by atoms with Gasteiger partial charge in [-0.15, -0.1) is 5.10 Å². The molecule has 1 amide bonds. The summed E-state index contributed by atoms with van der Waals surface area (Å²) in [6, 6.07) is 3.49. The first-order chi connectivity index (χ1) is 9.02. The number of H-pyrrole nitrogens is 1. The lowest BCUT2D eigenvalue weighted by atomic mass is 10.1. The van der Waals surface area contributed by atoms with Crippen LogP contribution in [0.5, 0.6) is 5.75 Å². The van der Waals surface area contributed by atoms with Gasteiger partial charge >= 0.3 is 0 Å². The van der Waals surface area contributed by atoms with Gasteiger partial charge < -0.3 is 10.4 Å². The predicted octanol–water partition coefficient (Wildman–Crippen LogP) is 1.94. The van der Waals surface area contributed by atoms with Crippen LogP contribution in [0.2, 0.25) is 0 Å². The molecule has 6 heteroatoms. The monoisotopic (exact) mass is 260 g/mol. The van der Waals surface area contributed by atoms with Gasteiger partial charge in [0, 0.05) is 17.7 Å². The maximum atomic E-state index is 12.0. The molecular weight excluding hydrogens is 244 g/mol. The Morgan fingerprint density at radius 1 is 1.42 bits per heavy atom. The zero-order chi connectivity index (χ0) is 14.0. The smallest absolute Gasteiger partial charge is 0.295 e. The lowest BCUT2D eigenvalue weighted by Gasteiger charge is -2.10. The van der Waals surface area contributed by atoms with E-state index >= 15 is 0 Å². The SMILES string of the molecule is CCc1nc(C(=O)Nc2ccc(C)c(O)c2C)n[nH]1. The van der Waals surface area contributed by atoms with Crippen molar-refractivity contribution < 1.29 is 9.90 Å². The van der Waals surface area contributed by atoms with Crippen LogP contribution in [0.3, 0.4) is 0 Å². The van der Waals surface area contributed by atoms with Crippen molar-refractivity contribution in [1.82, 2.24) is 15.2 Å². The molecule has 0 saturated carbocycles. The highest BCUT2D eigenvalue weighted by atomic mass is 16.3. The van der Waals surface area contributed by atoms with Crippen LogP contribution in [-0.2, 0) is 6.42 Å². The molecule has 6 nitrogen and oxygen atoms in total. The number of phenolic OH excluding ortho intramolecular Hbond substituents is 1. The third-order valence-corrected chi connectivity index (χ3v) is 2.95. The largest absolute Gasteiger partial charge is 0.507 e. The number of hydrogen-bond acceptors (Lipinski definition) is 4. The van der Waals surface area contributed by atoms with Gasteiger partial charge in [0.25, 0.3) is 5.91 Å². The van der Waals surface area contributed by atoms with E-state index in [1.165, 1.54) is 0 Å². The van der Waals surface area contributed by atoms with Gasteiger partial charge in [-0.1, -0.05) is 13.0 Å². The summed E-state index contributed by atoms with van der Waals surface area (Å²) in [6.45, 7) is 5.47. The van der Waals surface area contributed by atoms with Crippen molar-refractivity contribution in [3.63, 3.8) is 0 Å². The Bertz CT molecular complexity index is 619. The average molecular weight is 260 g/mol. The molecule has 1 aromatic heterocycles. The van der Waals surface area contributed by atoms with Crippen molar-refractivity contribution in [1.29, 1.82) is 0 Å². The van der Waals surface area contributed by atoms with Gasteiger partial charge in [0.15, 0.2) is 0 Å². The highest BCUT2D eigenvalue weighted by molar-refractivity contribution is 6.02. The molecule has 0 aliphatic carbocycles. The number of benzene rings is 1. The second-order valence-corrected chi connectivity index (χ2v) is 4.32. The van der Waals surface area contributed by atoms with Crippen LogP contribution in [0.1, 0.15) is 34.5 Å². The van der Waals surface area contributed by atoms with Crippen molar-refractivity contribution >= 4 is 11.6 Å². The van der Waals surface area contributed by atoms with E-state index in [0.29, 0.717) is 23.5 Å². The lowest BCUT2D eigenvalue weighted by Crippen LogP contribution is -2.14. The summed E-state index contributed by atoms with van der Waals surface area (Å²) < 4.78 is 0. The Morgan fingerprint density at radius 3 is 2.79 bits per heavy atom. The summed E-state index contributed by atoms with van der Waals surface area (Å²) in [6.07, 6.45) is 0.685. The highest BCUT2D eigenvalue weighted by Gasteiger charge is 2.14. The van der Waals surface area contributed by atoms with Crippen molar-refractivity contribution in [2.75, 3.05) is 5.32 Å². The van der Waals surface area contributed by atoms with E-state index in [1.54, 1.807) is 26.0 Å². The Balaban J connectivity index is 2.21. The van der Waals surface area contributed by atoms with Crippen LogP contribution in [0.15, 0.2) is 12.1 Å². The van der Waals surface area contributed by atoms with Crippen molar-refractivity contribution in [2.24, 2.45) is 0 Å². The van der Waals surface area contributed by atoms with E-state index < -0.39 is 5.91 Å². The number of rotatable bonds is 3. The van der Waals surface area contributed by atoms with E-state index in [9.17, 15) is 9.90 Å². The highest BCUT2D eigenvalue weighted by Crippen LogP contribution is 2.28. The number of amides is 1. The quantitative estimate of drug-likeness (QED) is 0.786. The van der Waals surface area contributed by atoms with E-state index in [4.69, 9.17) is 0 Å². The Morgan fingerprint density at radius 2 is 2.16 bits per heavy atom. The van der Waals surface area contributed by atoms with Crippen LogP contribution in [0.4, 0.5) is 5.69 Å². The number of nitrogens with zero attached hydrogens (tertiary/aromatic N) is 2. The number of aryl methyl sites for hydroxylation is 2. The number of hydrogen-bond donors (Lipinski definition) is 3. The molecule has 3 N–H and O–H groups in total. The first-order valence-corrected chi connectivity index (χ1v) is 6.04. The summed E-state index contributed by atoms with van der Waals surface area (Å²) in [5, 5.41) is 19.0. The normalized spacial score (nSPS) is 10.5. The number of carbonyl (C=O) groups is 1. The van der Waals surface area contributed by atoms with Gasteiger partial charge in [-0.05, 0) is 25.5 Å². The Hall–Kier alpha value is -2.37. The Labute approximate surface area is 110 Å². The number of anilines is 1. The molecule has 100 valence electrons. The molecule has 0 spiro atoms. The fraction of sp³-hybridized carbons (Fsp3) is 0.308. The van der Waals surface area contributed by atoms with Crippen molar-refractivity contribution in [3.05, 3.63) is 34.9 Å². The minimum atomic E-state index is -0.401. The molecule has 0 aliphatic heterocycles. The molecule has 0 unspecified atom stereocenters. The van der Waals surface area contributed by atoms with Gasteiger partial charge in [0.05, 0.1) is 0 Å². The third-order valence-electron chi connectivity index (χ3n) is 2.95. The number of aromatic hydroxyl groups is 1. The minimum absolute atomic E-state index is 0.0938. The summed E-state index contributed by atoms with van der Waals surface area (Å²) in [4.78, 5) is 16.0. The molecule has 2 aromatic rings. The minimum Gasteiger partial charge on any atom is -0.507 e. The molecule has 0 bridgehead atoms. The second-order valence-electron chi connectivity index (χ2n) is 4.32. The van der Waals surface area contributed by atoms with E-state index in [2.05, 4.69) is 20.5 Å². The summed E-state index contributed by atoms with van der Waals surface area (Å²) in [5.74, 6) is 0.536. The van der Waals surface area contributed by atoms with Gasteiger partial charge in [-0.3, -0.25) is 9.89 Å². The molecule has 1 heterocycles. The van der Waals surface area contributed by atoms with Gasteiger partial charge in [-0.25, -0.2) is 4.98 Å². The maximum absolute atomic E-state index is 12.0. The molecule has 0 aliphatic rings. The van der Waals surface area contributed by atoms with Crippen molar-refractivity contribution in [3.8, 4) is 5.75 Å². The van der Waals surface area contributed by atoms with E-state index in [-0.39, 0.29) is 11.6 Å². The summed E-state index contributed by atoms with van der Waals surface area (Å²) >= 11 is 0. The topological polar surface area (TPSA) is 90.9 Å². The van der Waals surface area contributed by atoms with Crippen LogP contribution >= 0.6 is 0 Å². The van der Waals surface area contributed by atoms with E-state index in [0.717, 1.165) is 5.56 Å². The predicted molar refractivity (Wildman–Crippen MR) is 71.3 cm³/mol. The fourth-order valence-corrected chi connectivity index (χ4v) is 1.70. The molecule has 19 heavy (non-hydrogen) atoms. The molecular formula is C13H16N4O2.